The van der Waals surface area contributed by atoms with Gasteiger partial charge in [0.15, 0.2) is 0 Å². The van der Waals surface area contributed by atoms with Crippen molar-refractivity contribution in [1.29, 1.82) is 0 Å². The van der Waals surface area contributed by atoms with Gasteiger partial charge < -0.3 is 9.64 Å². The molecule has 1 aliphatic carbocycles. The van der Waals surface area contributed by atoms with Gasteiger partial charge in [-0.05, 0) is 83.9 Å². The summed E-state index contributed by atoms with van der Waals surface area (Å²) in [4.78, 5) is 5.29. The minimum absolute atomic E-state index is 0. The van der Waals surface area contributed by atoms with E-state index in [4.69, 9.17) is 4.74 Å². The number of rotatable bonds is 6. The molecule has 4 heteroatoms. The molecule has 1 saturated carbocycles. The Hall–Kier alpha value is -1.71. The molecule has 2 aromatic carbocycles. The average Bonchev–Trinajstić information content (AvgIpc) is 2.77. The molecule has 1 heterocycles. The third-order valence-corrected chi connectivity index (χ3v) is 7.68. The number of halogens is 1. The number of anilines is 1. The second kappa shape index (κ2) is 10.9. The van der Waals surface area contributed by atoms with Gasteiger partial charge in [0.1, 0.15) is 5.75 Å². The molecule has 0 spiro atoms. The average molecular weight is 485 g/mol. The molecular weight excluding hydrogens is 440 g/mol. The second-order valence-electron chi connectivity index (χ2n) is 11.9. The topological polar surface area (TPSA) is 15.7 Å². The lowest BCUT2D eigenvalue weighted by atomic mass is 9.60. The maximum atomic E-state index is 5.51. The van der Waals surface area contributed by atoms with Crippen molar-refractivity contribution >= 4 is 18.1 Å². The van der Waals surface area contributed by atoms with Crippen molar-refractivity contribution in [3.63, 3.8) is 0 Å². The number of hydrogen-bond acceptors (Lipinski definition) is 3. The molecule has 0 amide bonds. The van der Waals surface area contributed by atoms with Crippen molar-refractivity contribution in [2.75, 3.05) is 44.7 Å². The largest absolute Gasteiger partial charge is 0.497 e. The lowest BCUT2D eigenvalue weighted by Gasteiger charge is -2.46. The van der Waals surface area contributed by atoms with Crippen molar-refractivity contribution in [1.82, 2.24) is 4.90 Å². The summed E-state index contributed by atoms with van der Waals surface area (Å²) in [5.74, 6) is 1.54. The molecule has 2 aromatic rings. The van der Waals surface area contributed by atoms with Crippen LogP contribution in [0.3, 0.4) is 0 Å². The van der Waals surface area contributed by atoms with Crippen LogP contribution in [0.1, 0.15) is 71.8 Å². The van der Waals surface area contributed by atoms with Crippen LogP contribution in [0.15, 0.2) is 42.5 Å². The zero-order valence-electron chi connectivity index (χ0n) is 22.2. The van der Waals surface area contributed by atoms with Gasteiger partial charge in [-0.2, -0.15) is 0 Å². The molecule has 0 unspecified atom stereocenters. The summed E-state index contributed by atoms with van der Waals surface area (Å²) in [6, 6.07) is 15.7. The van der Waals surface area contributed by atoms with E-state index >= 15 is 0 Å². The number of methoxy groups -OCH3 is 1. The van der Waals surface area contributed by atoms with Crippen LogP contribution in [0.2, 0.25) is 0 Å². The SMILES string of the molecule is CCCN1CCN(c2cc(-c3cccc(OC)c3)ccc2C2CC(C)(C)CC(C)(C)C2)CC1.Cl. The van der Waals surface area contributed by atoms with E-state index < -0.39 is 0 Å². The number of benzene rings is 2. The summed E-state index contributed by atoms with van der Waals surface area (Å²) >= 11 is 0. The van der Waals surface area contributed by atoms with E-state index in [0.29, 0.717) is 16.7 Å². The molecule has 0 atom stereocenters. The van der Waals surface area contributed by atoms with Gasteiger partial charge in [0.05, 0.1) is 7.11 Å². The normalized spacial score (nSPS) is 20.6. The van der Waals surface area contributed by atoms with Gasteiger partial charge in [-0.1, -0.05) is 58.9 Å². The molecule has 188 valence electrons. The first-order valence-electron chi connectivity index (χ1n) is 13.0. The monoisotopic (exact) mass is 484 g/mol. The fourth-order valence-electron chi connectivity index (χ4n) is 6.74. The van der Waals surface area contributed by atoms with Crippen LogP contribution in [0.25, 0.3) is 11.1 Å². The van der Waals surface area contributed by atoms with Crippen LogP contribution in [0.5, 0.6) is 5.75 Å². The van der Waals surface area contributed by atoms with E-state index in [1.807, 2.05) is 6.07 Å². The Kier molecular flexibility index (Phi) is 8.63. The highest BCUT2D eigenvalue weighted by Crippen LogP contribution is 2.53. The predicted octanol–water partition coefficient (Wildman–Crippen LogP) is 7.64. The fourth-order valence-corrected chi connectivity index (χ4v) is 6.74. The van der Waals surface area contributed by atoms with Gasteiger partial charge in [0, 0.05) is 31.9 Å². The van der Waals surface area contributed by atoms with Crippen LogP contribution < -0.4 is 9.64 Å². The van der Waals surface area contributed by atoms with Gasteiger partial charge in [-0.15, -0.1) is 12.4 Å². The molecule has 1 aliphatic heterocycles. The zero-order valence-corrected chi connectivity index (χ0v) is 23.0. The van der Waals surface area contributed by atoms with E-state index in [0.717, 1.165) is 18.8 Å². The standard InChI is InChI=1S/C30H44N2O.ClH/c1-7-13-31-14-16-32(17-15-31)28-19-24(23-9-8-10-26(18-23)33-6)11-12-27(28)25-20-29(2,3)22-30(4,5)21-25;/h8-12,18-19,25H,7,13-17,20-22H2,1-6H3;1H. The number of ether oxygens (including phenoxy) is 1. The lowest BCUT2D eigenvalue weighted by Crippen LogP contribution is -2.47. The van der Waals surface area contributed by atoms with Crippen LogP contribution >= 0.6 is 12.4 Å². The predicted molar refractivity (Wildman–Crippen MR) is 149 cm³/mol. The highest BCUT2D eigenvalue weighted by atomic mass is 35.5. The highest BCUT2D eigenvalue weighted by Gasteiger charge is 2.40. The van der Waals surface area contributed by atoms with Crippen LogP contribution in [-0.4, -0.2) is 44.7 Å². The smallest absolute Gasteiger partial charge is 0.119 e. The second-order valence-corrected chi connectivity index (χ2v) is 11.9. The van der Waals surface area contributed by atoms with Crippen molar-refractivity contribution in [2.45, 2.75) is 66.2 Å². The van der Waals surface area contributed by atoms with Crippen LogP contribution in [-0.2, 0) is 0 Å². The van der Waals surface area contributed by atoms with Crippen LogP contribution in [0, 0.1) is 10.8 Å². The Morgan fingerprint density at radius 1 is 0.882 bits per heavy atom. The maximum Gasteiger partial charge on any atom is 0.119 e. The molecule has 0 aromatic heterocycles. The van der Waals surface area contributed by atoms with Crippen molar-refractivity contribution in [2.24, 2.45) is 10.8 Å². The Morgan fingerprint density at radius 3 is 2.15 bits per heavy atom. The Balaban J connectivity index is 0.00000324. The summed E-state index contributed by atoms with van der Waals surface area (Å²) in [5, 5.41) is 0. The molecule has 0 radical (unpaired) electrons. The first-order chi connectivity index (χ1) is 15.7. The first-order valence-corrected chi connectivity index (χ1v) is 13.0. The summed E-state index contributed by atoms with van der Waals surface area (Å²) in [6.45, 7) is 17.9. The minimum atomic E-state index is 0. The van der Waals surface area contributed by atoms with Crippen molar-refractivity contribution in [3.05, 3.63) is 48.0 Å². The lowest BCUT2D eigenvalue weighted by molar-refractivity contribution is 0.0970. The van der Waals surface area contributed by atoms with Gasteiger partial charge in [-0.25, -0.2) is 0 Å². The third-order valence-electron chi connectivity index (χ3n) is 7.68. The molecule has 3 nitrogen and oxygen atoms in total. The number of nitrogens with zero attached hydrogens (tertiary/aromatic N) is 2. The Bertz CT molecular complexity index is 931. The molecule has 2 fully saturated rings. The molecule has 34 heavy (non-hydrogen) atoms. The third kappa shape index (κ3) is 6.29. The number of hydrogen-bond donors (Lipinski definition) is 0. The van der Waals surface area contributed by atoms with E-state index in [9.17, 15) is 0 Å². The summed E-state index contributed by atoms with van der Waals surface area (Å²) in [7, 11) is 1.75. The van der Waals surface area contributed by atoms with E-state index in [2.05, 4.69) is 80.8 Å². The Morgan fingerprint density at radius 2 is 1.53 bits per heavy atom. The van der Waals surface area contributed by atoms with Crippen molar-refractivity contribution in [3.8, 4) is 16.9 Å². The zero-order chi connectivity index (χ0) is 23.6. The van der Waals surface area contributed by atoms with Crippen LogP contribution in [0.4, 0.5) is 5.69 Å². The summed E-state index contributed by atoms with van der Waals surface area (Å²) < 4.78 is 5.51. The van der Waals surface area contributed by atoms with E-state index in [1.54, 1.807) is 12.7 Å². The molecule has 4 rings (SSSR count). The first kappa shape index (κ1) is 26.9. The van der Waals surface area contributed by atoms with E-state index in [1.165, 1.54) is 62.1 Å². The molecular formula is C30H45ClN2O. The van der Waals surface area contributed by atoms with Gasteiger partial charge >= 0.3 is 0 Å². The fraction of sp³-hybridized carbons (Fsp3) is 0.600. The quantitative estimate of drug-likeness (QED) is 0.419. The molecule has 1 saturated heterocycles. The summed E-state index contributed by atoms with van der Waals surface area (Å²) in [5.41, 5.74) is 6.31. The molecule has 2 aliphatic rings. The number of piperazine rings is 1. The molecule has 0 N–H and O–H groups in total. The maximum absolute atomic E-state index is 5.51. The van der Waals surface area contributed by atoms with Gasteiger partial charge in [-0.3, -0.25) is 4.90 Å². The van der Waals surface area contributed by atoms with Gasteiger partial charge in [0.2, 0.25) is 0 Å². The molecule has 0 bridgehead atoms. The summed E-state index contributed by atoms with van der Waals surface area (Å²) in [6.07, 6.45) is 5.10. The van der Waals surface area contributed by atoms with Gasteiger partial charge in [0.25, 0.3) is 0 Å². The Labute approximate surface area is 214 Å². The highest BCUT2D eigenvalue weighted by molar-refractivity contribution is 5.85. The van der Waals surface area contributed by atoms with E-state index in [-0.39, 0.29) is 12.4 Å². The minimum Gasteiger partial charge on any atom is -0.497 e. The van der Waals surface area contributed by atoms with Crippen molar-refractivity contribution < 1.29 is 4.74 Å².